The summed E-state index contributed by atoms with van der Waals surface area (Å²) in [6.45, 7) is 13.8. The molecule has 0 aliphatic rings. The zero-order chi connectivity index (χ0) is 13.7. The summed E-state index contributed by atoms with van der Waals surface area (Å²) >= 11 is 0. The fourth-order valence-electron chi connectivity index (χ4n) is 2.20. The van der Waals surface area contributed by atoms with E-state index < -0.39 is 0 Å². The Hall–Kier alpha value is -1.09. The van der Waals surface area contributed by atoms with Crippen LogP contribution in [0.4, 0.5) is 5.82 Å². The number of hydrogen-bond donors (Lipinski definition) is 1. The third-order valence-corrected chi connectivity index (χ3v) is 2.81. The predicted molar refractivity (Wildman–Crippen MR) is 78.8 cm³/mol. The van der Waals surface area contributed by atoms with Gasteiger partial charge in [0.1, 0.15) is 5.82 Å². The molecule has 1 heterocycles. The normalized spacial score (nSPS) is 11.3. The first kappa shape index (κ1) is 15.0. The van der Waals surface area contributed by atoms with Crippen molar-refractivity contribution in [1.29, 1.82) is 0 Å². The van der Waals surface area contributed by atoms with Crippen LogP contribution in [0, 0.1) is 18.8 Å². The van der Waals surface area contributed by atoms with Gasteiger partial charge in [0.15, 0.2) is 0 Å². The average Bonchev–Trinajstić information content (AvgIpc) is 2.26. The SMILES string of the molecule is Cc1cc(CN)cnc1N(CC(C)C)CC(C)C. The second-order valence-electron chi connectivity index (χ2n) is 5.88. The molecule has 0 spiro atoms. The number of aryl methyl sites for hydroxylation is 1. The van der Waals surface area contributed by atoms with Crippen molar-refractivity contribution in [3.8, 4) is 0 Å². The number of pyridine rings is 1. The van der Waals surface area contributed by atoms with Crippen LogP contribution in [0.15, 0.2) is 12.3 Å². The van der Waals surface area contributed by atoms with Gasteiger partial charge in [0, 0.05) is 25.8 Å². The van der Waals surface area contributed by atoms with Crippen molar-refractivity contribution in [2.24, 2.45) is 17.6 Å². The van der Waals surface area contributed by atoms with Gasteiger partial charge >= 0.3 is 0 Å². The number of nitrogens with two attached hydrogens (primary N) is 1. The third-order valence-electron chi connectivity index (χ3n) is 2.81. The van der Waals surface area contributed by atoms with E-state index in [1.807, 2.05) is 6.20 Å². The molecule has 102 valence electrons. The maximum absolute atomic E-state index is 5.65. The highest BCUT2D eigenvalue weighted by Crippen LogP contribution is 2.20. The van der Waals surface area contributed by atoms with Crippen LogP contribution in [0.2, 0.25) is 0 Å². The van der Waals surface area contributed by atoms with E-state index in [-0.39, 0.29) is 0 Å². The van der Waals surface area contributed by atoms with E-state index in [1.54, 1.807) is 0 Å². The lowest BCUT2D eigenvalue weighted by Gasteiger charge is -2.28. The van der Waals surface area contributed by atoms with E-state index in [2.05, 4.69) is 50.6 Å². The van der Waals surface area contributed by atoms with E-state index in [4.69, 9.17) is 5.73 Å². The summed E-state index contributed by atoms with van der Waals surface area (Å²) in [6.07, 6.45) is 1.90. The van der Waals surface area contributed by atoms with E-state index in [0.717, 1.165) is 24.5 Å². The molecule has 0 unspecified atom stereocenters. The first-order chi connectivity index (χ1) is 8.43. The minimum atomic E-state index is 0.558. The molecule has 0 radical (unpaired) electrons. The Balaban J connectivity index is 2.96. The lowest BCUT2D eigenvalue weighted by atomic mass is 10.1. The van der Waals surface area contributed by atoms with Crippen molar-refractivity contribution < 1.29 is 0 Å². The standard InChI is InChI=1S/C15H27N3/c1-11(2)9-18(10-12(3)4)15-13(5)6-14(7-16)8-17-15/h6,8,11-12H,7,9-10,16H2,1-5H3. The molecule has 2 N–H and O–H groups in total. The quantitative estimate of drug-likeness (QED) is 0.843. The molecule has 0 aromatic carbocycles. The molecule has 0 atom stereocenters. The first-order valence-corrected chi connectivity index (χ1v) is 6.84. The van der Waals surface area contributed by atoms with E-state index in [1.165, 1.54) is 5.56 Å². The van der Waals surface area contributed by atoms with Crippen molar-refractivity contribution in [3.05, 3.63) is 23.4 Å². The van der Waals surface area contributed by atoms with Crippen molar-refractivity contribution in [2.75, 3.05) is 18.0 Å². The molecule has 3 heteroatoms. The van der Waals surface area contributed by atoms with Gasteiger partial charge in [0.2, 0.25) is 0 Å². The second kappa shape index (κ2) is 6.74. The Labute approximate surface area is 111 Å². The highest BCUT2D eigenvalue weighted by molar-refractivity contribution is 5.47. The van der Waals surface area contributed by atoms with Gasteiger partial charge in [0.25, 0.3) is 0 Å². The smallest absolute Gasteiger partial charge is 0.131 e. The Bertz CT molecular complexity index is 362. The van der Waals surface area contributed by atoms with Crippen molar-refractivity contribution >= 4 is 5.82 Å². The summed E-state index contributed by atoms with van der Waals surface area (Å²) in [5.74, 6) is 2.38. The average molecular weight is 249 g/mol. The summed E-state index contributed by atoms with van der Waals surface area (Å²) in [5.41, 5.74) is 7.98. The molecule has 0 bridgehead atoms. The van der Waals surface area contributed by atoms with Crippen molar-refractivity contribution in [2.45, 2.75) is 41.2 Å². The monoisotopic (exact) mass is 249 g/mol. The summed E-state index contributed by atoms with van der Waals surface area (Å²) < 4.78 is 0. The largest absolute Gasteiger partial charge is 0.356 e. The summed E-state index contributed by atoms with van der Waals surface area (Å²) in [4.78, 5) is 7.00. The lowest BCUT2D eigenvalue weighted by molar-refractivity contribution is 0.548. The second-order valence-corrected chi connectivity index (χ2v) is 5.88. The van der Waals surface area contributed by atoms with Gasteiger partial charge in [-0.1, -0.05) is 27.7 Å². The van der Waals surface area contributed by atoms with Crippen LogP contribution in [0.1, 0.15) is 38.8 Å². The molecule has 0 aliphatic carbocycles. The van der Waals surface area contributed by atoms with Crippen LogP contribution < -0.4 is 10.6 Å². The van der Waals surface area contributed by atoms with Gasteiger partial charge in [0.05, 0.1) is 0 Å². The zero-order valence-corrected chi connectivity index (χ0v) is 12.4. The maximum atomic E-state index is 5.65. The third kappa shape index (κ3) is 4.30. The molecule has 3 nitrogen and oxygen atoms in total. The van der Waals surface area contributed by atoms with E-state index in [9.17, 15) is 0 Å². The van der Waals surface area contributed by atoms with Gasteiger partial charge in [-0.25, -0.2) is 4.98 Å². The molecule has 18 heavy (non-hydrogen) atoms. The van der Waals surface area contributed by atoms with E-state index >= 15 is 0 Å². The van der Waals surface area contributed by atoms with Crippen LogP contribution >= 0.6 is 0 Å². The summed E-state index contributed by atoms with van der Waals surface area (Å²) in [7, 11) is 0. The summed E-state index contributed by atoms with van der Waals surface area (Å²) in [6, 6.07) is 2.15. The first-order valence-electron chi connectivity index (χ1n) is 6.84. The minimum Gasteiger partial charge on any atom is -0.356 e. The van der Waals surface area contributed by atoms with E-state index in [0.29, 0.717) is 18.4 Å². The van der Waals surface area contributed by atoms with Gasteiger partial charge in [-0.15, -0.1) is 0 Å². The Morgan fingerprint density at radius 2 is 1.72 bits per heavy atom. The number of aromatic nitrogens is 1. The van der Waals surface area contributed by atoms with Gasteiger partial charge in [-0.3, -0.25) is 0 Å². The molecule has 0 amide bonds. The van der Waals surface area contributed by atoms with Crippen LogP contribution in [-0.4, -0.2) is 18.1 Å². The molecule has 1 aromatic heterocycles. The van der Waals surface area contributed by atoms with Crippen molar-refractivity contribution in [3.63, 3.8) is 0 Å². The zero-order valence-electron chi connectivity index (χ0n) is 12.4. The molecule has 0 fully saturated rings. The highest BCUT2D eigenvalue weighted by atomic mass is 15.2. The highest BCUT2D eigenvalue weighted by Gasteiger charge is 2.14. The molecule has 0 saturated carbocycles. The minimum absolute atomic E-state index is 0.558. The maximum Gasteiger partial charge on any atom is 0.131 e. The molecule has 1 aromatic rings. The van der Waals surface area contributed by atoms with Crippen LogP contribution in [0.25, 0.3) is 0 Å². The van der Waals surface area contributed by atoms with Crippen molar-refractivity contribution in [1.82, 2.24) is 4.98 Å². The fourth-order valence-corrected chi connectivity index (χ4v) is 2.20. The molecule has 1 rings (SSSR count). The number of nitrogens with zero attached hydrogens (tertiary/aromatic N) is 2. The Morgan fingerprint density at radius 1 is 1.17 bits per heavy atom. The lowest BCUT2D eigenvalue weighted by Crippen LogP contribution is -2.32. The van der Waals surface area contributed by atoms with Crippen LogP contribution in [0.3, 0.4) is 0 Å². The number of rotatable bonds is 6. The molecular weight excluding hydrogens is 222 g/mol. The van der Waals surface area contributed by atoms with Crippen LogP contribution in [0.5, 0.6) is 0 Å². The van der Waals surface area contributed by atoms with Gasteiger partial charge in [-0.2, -0.15) is 0 Å². The van der Waals surface area contributed by atoms with Gasteiger partial charge < -0.3 is 10.6 Å². The summed E-state index contributed by atoms with van der Waals surface area (Å²) in [5, 5.41) is 0. The topological polar surface area (TPSA) is 42.1 Å². The number of hydrogen-bond acceptors (Lipinski definition) is 3. The molecule has 0 saturated heterocycles. The molecular formula is C15H27N3. The Morgan fingerprint density at radius 3 is 2.11 bits per heavy atom. The predicted octanol–water partition coefficient (Wildman–Crippen LogP) is 2.97. The van der Waals surface area contributed by atoms with Crippen LogP contribution in [-0.2, 0) is 6.54 Å². The van der Waals surface area contributed by atoms with Gasteiger partial charge in [-0.05, 0) is 36.0 Å². The fraction of sp³-hybridized carbons (Fsp3) is 0.667. The number of anilines is 1. The molecule has 0 aliphatic heterocycles. The Kier molecular flexibility index (Phi) is 5.60.